The number of benzene rings is 2. The van der Waals surface area contributed by atoms with Crippen LogP contribution in [0.3, 0.4) is 0 Å². The second kappa shape index (κ2) is 7.14. The van der Waals surface area contributed by atoms with Gasteiger partial charge in [-0.05, 0) is 48.9 Å². The number of methoxy groups -OCH3 is 1. The van der Waals surface area contributed by atoms with E-state index in [1.165, 1.54) is 31.4 Å². The lowest BCUT2D eigenvalue weighted by molar-refractivity contribution is -0.145. The highest BCUT2D eigenvalue weighted by atomic mass is 35.5. The summed E-state index contributed by atoms with van der Waals surface area (Å²) in [5.41, 5.74) is 5.29. The fraction of sp³-hybridized carbons (Fsp3) is 0.316. The minimum Gasteiger partial charge on any atom is -0.497 e. The number of hydrogen-bond donors (Lipinski definition) is 1. The van der Waals surface area contributed by atoms with Crippen molar-refractivity contribution in [3.8, 4) is 5.75 Å². The van der Waals surface area contributed by atoms with Crippen LogP contribution < -0.4 is 10.5 Å². The number of carbonyl (C=O) groups is 1. The molecule has 144 valence electrons. The summed E-state index contributed by atoms with van der Waals surface area (Å²) in [4.78, 5) is 12.6. The molecule has 1 saturated carbocycles. The van der Waals surface area contributed by atoms with E-state index in [1.54, 1.807) is 31.2 Å². The average molecular weight is 410 g/mol. The number of rotatable bonds is 6. The van der Waals surface area contributed by atoms with Crippen molar-refractivity contribution in [1.29, 1.82) is 0 Å². The highest BCUT2D eigenvalue weighted by Gasteiger charge is 2.74. The molecule has 3 atom stereocenters. The van der Waals surface area contributed by atoms with Gasteiger partial charge in [0.1, 0.15) is 16.5 Å². The van der Waals surface area contributed by atoms with Crippen LogP contribution in [0, 0.1) is 0 Å². The van der Waals surface area contributed by atoms with E-state index in [1.807, 2.05) is 0 Å². The van der Waals surface area contributed by atoms with Gasteiger partial charge in [0.2, 0.25) is 0 Å². The molecule has 2 aromatic carbocycles. The molecule has 0 unspecified atom stereocenters. The molecular formula is C19H20ClNO5S. The van der Waals surface area contributed by atoms with Crippen LogP contribution in [-0.4, -0.2) is 38.9 Å². The first kappa shape index (κ1) is 19.7. The Morgan fingerprint density at radius 3 is 2.26 bits per heavy atom. The second-order valence-corrected chi connectivity index (χ2v) is 8.83. The Kier molecular flexibility index (Phi) is 5.20. The molecule has 0 spiro atoms. The predicted molar refractivity (Wildman–Crippen MR) is 102 cm³/mol. The van der Waals surface area contributed by atoms with Crippen molar-refractivity contribution in [2.45, 2.75) is 28.5 Å². The zero-order valence-electron chi connectivity index (χ0n) is 14.9. The Labute approximate surface area is 163 Å². The normalized spacial score (nSPS) is 24.3. The van der Waals surface area contributed by atoms with Gasteiger partial charge in [0.25, 0.3) is 0 Å². The van der Waals surface area contributed by atoms with Crippen molar-refractivity contribution < 1.29 is 22.7 Å². The highest BCUT2D eigenvalue weighted by Crippen LogP contribution is 2.56. The molecule has 27 heavy (non-hydrogen) atoms. The van der Waals surface area contributed by atoms with E-state index >= 15 is 0 Å². The molecule has 6 nitrogen and oxygen atoms in total. The third-order valence-electron chi connectivity index (χ3n) is 4.76. The Hall–Kier alpha value is -2.09. The lowest BCUT2D eigenvalue weighted by Gasteiger charge is -2.11. The molecule has 1 aliphatic carbocycles. The first-order valence-electron chi connectivity index (χ1n) is 8.36. The Bertz CT molecular complexity index is 943. The molecule has 0 radical (unpaired) electrons. The van der Waals surface area contributed by atoms with Gasteiger partial charge in [-0.15, -0.1) is 0 Å². The average Bonchev–Trinajstić information content (AvgIpc) is 3.31. The molecule has 2 N–H and O–H groups in total. The topological polar surface area (TPSA) is 95.7 Å². The summed E-state index contributed by atoms with van der Waals surface area (Å²) < 4.78 is 36.6. The molecule has 0 heterocycles. The molecule has 0 aliphatic heterocycles. The Morgan fingerprint density at radius 2 is 1.74 bits per heavy atom. The van der Waals surface area contributed by atoms with Crippen LogP contribution in [0.2, 0.25) is 5.02 Å². The molecule has 3 rings (SSSR count). The fourth-order valence-electron chi connectivity index (χ4n) is 3.34. The molecule has 2 aromatic rings. The van der Waals surface area contributed by atoms with Crippen molar-refractivity contribution in [1.82, 2.24) is 0 Å². The Morgan fingerprint density at radius 1 is 1.15 bits per heavy atom. The van der Waals surface area contributed by atoms with Gasteiger partial charge in [0, 0.05) is 10.9 Å². The number of carbonyl (C=O) groups excluding carboxylic acids is 1. The van der Waals surface area contributed by atoms with E-state index in [9.17, 15) is 13.2 Å². The zero-order valence-corrected chi connectivity index (χ0v) is 16.5. The molecule has 0 saturated heterocycles. The molecule has 1 aliphatic rings. The van der Waals surface area contributed by atoms with Gasteiger partial charge >= 0.3 is 5.97 Å². The maximum atomic E-state index is 13.2. The van der Waals surface area contributed by atoms with Gasteiger partial charge in [-0.3, -0.25) is 0 Å². The number of nitrogens with two attached hydrogens (primary N) is 1. The summed E-state index contributed by atoms with van der Waals surface area (Å²) in [5, 5.41) is -0.709. The maximum absolute atomic E-state index is 13.2. The summed E-state index contributed by atoms with van der Waals surface area (Å²) in [6.45, 7) is 1.76. The van der Waals surface area contributed by atoms with Crippen LogP contribution in [-0.2, 0) is 19.4 Å². The van der Waals surface area contributed by atoms with Crippen molar-refractivity contribution in [3.05, 3.63) is 59.1 Å². The number of esters is 1. The summed E-state index contributed by atoms with van der Waals surface area (Å²) >= 11 is 5.85. The van der Waals surface area contributed by atoms with Crippen LogP contribution >= 0.6 is 11.6 Å². The summed E-state index contributed by atoms with van der Waals surface area (Å²) in [6.07, 6.45) is 0. The minimum absolute atomic E-state index is 0.0621. The second-order valence-electron chi connectivity index (χ2n) is 6.32. The Balaban J connectivity index is 2.04. The minimum atomic E-state index is -3.88. The van der Waals surface area contributed by atoms with E-state index < -0.39 is 32.5 Å². The van der Waals surface area contributed by atoms with Gasteiger partial charge < -0.3 is 15.2 Å². The van der Waals surface area contributed by atoms with Gasteiger partial charge in [0.05, 0.1) is 18.6 Å². The van der Waals surface area contributed by atoms with Crippen LogP contribution in [0.25, 0.3) is 0 Å². The van der Waals surface area contributed by atoms with Crippen molar-refractivity contribution in [2.75, 3.05) is 13.7 Å². The summed E-state index contributed by atoms with van der Waals surface area (Å²) in [5.74, 6) is -0.827. The lowest BCUT2D eigenvalue weighted by atomic mass is 10.1. The molecule has 0 amide bonds. The van der Waals surface area contributed by atoms with Gasteiger partial charge in [0.15, 0.2) is 9.84 Å². The van der Waals surface area contributed by atoms with Crippen LogP contribution in [0.4, 0.5) is 0 Å². The van der Waals surface area contributed by atoms with Crippen LogP contribution in [0.15, 0.2) is 53.4 Å². The van der Waals surface area contributed by atoms with E-state index in [2.05, 4.69) is 0 Å². The standard InChI is InChI=1S/C19H20ClNO5S/c1-3-26-18(22)19(21)16(12-4-8-14(25-2)9-5-12)17(19)27(23,24)15-10-6-13(20)7-11-15/h4-11,16-17H,3,21H2,1-2H3/t16-,17+,19-/m0/s1. The maximum Gasteiger partial charge on any atom is 0.328 e. The van der Waals surface area contributed by atoms with Gasteiger partial charge in [-0.2, -0.15) is 0 Å². The molecular weight excluding hydrogens is 390 g/mol. The quantitative estimate of drug-likeness (QED) is 0.736. The van der Waals surface area contributed by atoms with Crippen molar-refractivity contribution in [3.63, 3.8) is 0 Å². The number of sulfone groups is 1. The van der Waals surface area contributed by atoms with E-state index in [-0.39, 0.29) is 11.5 Å². The molecule has 1 fully saturated rings. The SMILES string of the molecule is CCOC(=O)[C@@]1(N)[C@H](S(=O)(=O)c2ccc(Cl)cc2)[C@@H]1c1ccc(OC)cc1. The largest absolute Gasteiger partial charge is 0.497 e. The third-order valence-corrected chi connectivity index (χ3v) is 7.27. The molecule has 0 bridgehead atoms. The number of hydrogen-bond acceptors (Lipinski definition) is 6. The van der Waals surface area contributed by atoms with Crippen molar-refractivity contribution in [2.24, 2.45) is 5.73 Å². The van der Waals surface area contributed by atoms with E-state index in [0.717, 1.165) is 0 Å². The number of ether oxygens (including phenoxy) is 2. The zero-order chi connectivity index (χ0) is 19.8. The van der Waals surface area contributed by atoms with E-state index in [4.69, 9.17) is 26.8 Å². The third kappa shape index (κ3) is 3.31. The summed E-state index contributed by atoms with van der Waals surface area (Å²) in [7, 11) is -2.35. The molecule has 8 heteroatoms. The van der Waals surface area contributed by atoms with Crippen molar-refractivity contribution >= 4 is 27.4 Å². The van der Waals surface area contributed by atoms with Gasteiger partial charge in [-0.25, -0.2) is 13.2 Å². The number of halogens is 1. The predicted octanol–water partition coefficient (Wildman–Crippen LogP) is 2.55. The lowest BCUT2D eigenvalue weighted by Crippen LogP contribution is -2.41. The fourth-order valence-corrected chi connectivity index (χ4v) is 5.70. The van der Waals surface area contributed by atoms with E-state index in [0.29, 0.717) is 16.3 Å². The van der Waals surface area contributed by atoms with Crippen LogP contribution in [0.1, 0.15) is 18.4 Å². The van der Waals surface area contributed by atoms with Gasteiger partial charge in [-0.1, -0.05) is 23.7 Å². The first-order valence-corrected chi connectivity index (χ1v) is 10.3. The first-order chi connectivity index (χ1) is 12.8. The summed E-state index contributed by atoms with van der Waals surface area (Å²) in [6, 6.07) is 12.6. The smallest absolute Gasteiger partial charge is 0.328 e. The monoisotopic (exact) mass is 409 g/mol. The van der Waals surface area contributed by atoms with Crippen LogP contribution in [0.5, 0.6) is 5.75 Å². The molecule has 0 aromatic heterocycles. The highest BCUT2D eigenvalue weighted by molar-refractivity contribution is 7.92.